The average molecular weight is 577 g/mol. The molecule has 1 N–H and O–H groups in total. The molecular weight excluding hydrogens is 536 g/mol. The van der Waals surface area contributed by atoms with E-state index in [9.17, 15) is 19.5 Å². The Morgan fingerprint density at radius 3 is 2.43 bits per heavy atom. The lowest BCUT2D eigenvalue weighted by Gasteiger charge is -2.59. The normalized spacial score (nSPS) is 34.6. The van der Waals surface area contributed by atoms with Gasteiger partial charge in [-0.25, -0.2) is 0 Å². The SMILES string of the molecule is COC12C=C3C(=O)c4c(O)c(CC=C(C)C)c5c(c4OC34C(C1)C(C)(C)OC4(CC=C(C)C=O)C2=O)C(C)(C)C(C)O5. The van der Waals surface area contributed by atoms with Crippen LogP contribution < -0.4 is 9.47 Å². The smallest absolute Gasteiger partial charge is 0.205 e. The highest BCUT2D eigenvalue weighted by Gasteiger charge is 2.84. The minimum absolute atomic E-state index is 0.0184. The molecule has 6 aliphatic rings. The molecule has 7 rings (SSSR count). The van der Waals surface area contributed by atoms with Crippen molar-refractivity contribution in [2.24, 2.45) is 5.92 Å². The Labute approximate surface area is 246 Å². The standard InChI is InChI=1S/C34H40O8/c1-17(2)10-11-20-25(36)23-26(37)21-14-32(39-9)15-22-31(7,8)42-33(29(32)38,13-12-18(3)16-35)34(21,22)41-28(23)24-27(20)40-19(4)30(24,5)6/h10,12,14,16,19,22,36H,11,13,15H2,1-9H3. The summed E-state index contributed by atoms with van der Waals surface area (Å²) in [6, 6.07) is 0. The second-order valence-corrected chi connectivity index (χ2v) is 13.9. The first-order valence-electron chi connectivity index (χ1n) is 14.7. The highest BCUT2D eigenvalue weighted by molar-refractivity contribution is 6.20. The number of phenolic OH excluding ortho intramolecular Hbond substituents is 1. The molecule has 2 fully saturated rings. The number of aldehydes is 1. The maximum atomic E-state index is 14.8. The van der Waals surface area contributed by atoms with Crippen LogP contribution in [0.1, 0.15) is 89.7 Å². The number of carbonyl (C=O) groups excluding carboxylic acids is 3. The summed E-state index contributed by atoms with van der Waals surface area (Å²) >= 11 is 0. The Morgan fingerprint density at radius 2 is 1.81 bits per heavy atom. The number of allylic oxidation sites excluding steroid dienone is 3. The number of carbonyl (C=O) groups is 3. The van der Waals surface area contributed by atoms with Crippen molar-refractivity contribution >= 4 is 17.9 Å². The van der Waals surface area contributed by atoms with Crippen molar-refractivity contribution in [1.82, 2.24) is 0 Å². The van der Waals surface area contributed by atoms with Gasteiger partial charge in [-0.2, -0.15) is 0 Å². The average Bonchev–Trinajstić information content (AvgIpc) is 3.25. The third-order valence-electron chi connectivity index (χ3n) is 10.5. The van der Waals surface area contributed by atoms with Crippen LogP contribution in [0.4, 0.5) is 0 Å². The van der Waals surface area contributed by atoms with Crippen molar-refractivity contribution in [2.75, 3.05) is 7.11 Å². The number of ketones is 2. The van der Waals surface area contributed by atoms with Crippen LogP contribution in [0.5, 0.6) is 17.2 Å². The predicted molar refractivity (Wildman–Crippen MR) is 155 cm³/mol. The van der Waals surface area contributed by atoms with Gasteiger partial charge >= 0.3 is 0 Å². The van der Waals surface area contributed by atoms with Gasteiger partial charge in [0, 0.05) is 41.6 Å². The van der Waals surface area contributed by atoms with E-state index in [-0.39, 0.29) is 47.4 Å². The zero-order valence-corrected chi connectivity index (χ0v) is 25.9. The van der Waals surface area contributed by atoms with Crippen molar-refractivity contribution in [3.63, 3.8) is 0 Å². The topological polar surface area (TPSA) is 108 Å². The molecule has 0 aromatic heterocycles. The molecule has 3 heterocycles. The molecule has 5 unspecified atom stereocenters. The highest BCUT2D eigenvalue weighted by Crippen LogP contribution is 2.70. The second-order valence-electron chi connectivity index (χ2n) is 13.9. The van der Waals surface area contributed by atoms with E-state index in [2.05, 4.69) is 0 Å². The summed E-state index contributed by atoms with van der Waals surface area (Å²) in [5.74, 6) is -0.614. The minimum Gasteiger partial charge on any atom is -0.507 e. The summed E-state index contributed by atoms with van der Waals surface area (Å²) in [4.78, 5) is 41.0. The molecule has 1 spiro atoms. The number of fused-ring (bicyclic) bond motifs is 3. The van der Waals surface area contributed by atoms with Gasteiger partial charge in [-0.05, 0) is 66.0 Å². The van der Waals surface area contributed by atoms with E-state index in [0.717, 1.165) is 11.9 Å². The van der Waals surface area contributed by atoms with Crippen LogP contribution in [0.25, 0.3) is 0 Å². The van der Waals surface area contributed by atoms with Crippen molar-refractivity contribution in [1.29, 1.82) is 0 Å². The zero-order chi connectivity index (χ0) is 30.8. The van der Waals surface area contributed by atoms with Gasteiger partial charge in [0.1, 0.15) is 40.8 Å². The maximum Gasteiger partial charge on any atom is 0.205 e. The van der Waals surface area contributed by atoms with Gasteiger partial charge in [0.2, 0.25) is 5.78 Å². The fraction of sp³-hybridized carbons (Fsp3) is 0.559. The monoisotopic (exact) mass is 576 g/mol. The van der Waals surface area contributed by atoms with Crippen LogP contribution in [0.15, 0.2) is 34.9 Å². The van der Waals surface area contributed by atoms with Crippen molar-refractivity contribution in [2.45, 2.75) is 109 Å². The third kappa shape index (κ3) is 3.23. The van der Waals surface area contributed by atoms with Gasteiger partial charge in [0.05, 0.1) is 5.60 Å². The number of Topliss-reactive ketones (excluding diaryl/α,β-unsaturated/α-hetero) is 2. The molecule has 3 aliphatic carbocycles. The van der Waals surface area contributed by atoms with Gasteiger partial charge in [0.25, 0.3) is 0 Å². The molecule has 1 saturated heterocycles. The largest absolute Gasteiger partial charge is 0.507 e. The van der Waals surface area contributed by atoms with Crippen molar-refractivity contribution < 1.29 is 38.4 Å². The van der Waals surface area contributed by atoms with Crippen LogP contribution in [0.2, 0.25) is 0 Å². The lowest BCUT2D eigenvalue weighted by atomic mass is 9.49. The van der Waals surface area contributed by atoms with E-state index in [1.165, 1.54) is 7.11 Å². The van der Waals surface area contributed by atoms with E-state index in [0.29, 0.717) is 28.9 Å². The number of rotatable bonds is 6. The third-order valence-corrected chi connectivity index (χ3v) is 10.5. The lowest BCUT2D eigenvalue weighted by Crippen LogP contribution is -2.77. The molecule has 1 saturated carbocycles. The van der Waals surface area contributed by atoms with Gasteiger partial charge in [-0.3, -0.25) is 14.4 Å². The molecule has 0 radical (unpaired) electrons. The fourth-order valence-corrected chi connectivity index (χ4v) is 7.99. The molecule has 1 aromatic carbocycles. The number of hydrogen-bond donors (Lipinski definition) is 1. The number of hydrogen-bond acceptors (Lipinski definition) is 8. The molecule has 4 bridgehead atoms. The van der Waals surface area contributed by atoms with Gasteiger partial charge < -0.3 is 24.1 Å². The molecule has 42 heavy (non-hydrogen) atoms. The van der Waals surface area contributed by atoms with Crippen molar-refractivity contribution in [3.8, 4) is 17.2 Å². The maximum absolute atomic E-state index is 14.8. The molecule has 3 aliphatic heterocycles. The first kappa shape index (κ1) is 28.9. The Hall–Kier alpha value is -3.23. The Kier molecular flexibility index (Phi) is 5.96. The fourth-order valence-electron chi connectivity index (χ4n) is 7.99. The second kappa shape index (κ2) is 8.66. The Morgan fingerprint density at radius 1 is 1.12 bits per heavy atom. The summed E-state index contributed by atoms with van der Waals surface area (Å²) in [6.45, 7) is 15.5. The quantitative estimate of drug-likeness (QED) is 0.277. The van der Waals surface area contributed by atoms with Crippen LogP contribution in [0.3, 0.4) is 0 Å². The number of benzene rings is 1. The van der Waals surface area contributed by atoms with Crippen LogP contribution >= 0.6 is 0 Å². The summed E-state index contributed by atoms with van der Waals surface area (Å²) in [5.41, 5.74) is -2.95. The zero-order valence-electron chi connectivity index (χ0n) is 25.9. The minimum atomic E-state index is -1.64. The predicted octanol–water partition coefficient (Wildman–Crippen LogP) is 5.27. The van der Waals surface area contributed by atoms with Gasteiger partial charge in [0.15, 0.2) is 17.0 Å². The Balaban J connectivity index is 1.71. The Bertz CT molecular complexity index is 1550. The number of methoxy groups -OCH3 is 1. The van der Waals surface area contributed by atoms with E-state index in [1.54, 1.807) is 19.1 Å². The molecule has 0 amide bonds. The number of phenols is 1. The summed E-state index contributed by atoms with van der Waals surface area (Å²) in [6.07, 6.45) is 6.38. The molecule has 224 valence electrons. The molecule has 8 heteroatoms. The van der Waals surface area contributed by atoms with Gasteiger partial charge in [-0.15, -0.1) is 0 Å². The highest BCUT2D eigenvalue weighted by atomic mass is 16.6. The van der Waals surface area contributed by atoms with E-state index in [1.807, 2.05) is 54.5 Å². The molecule has 5 atom stereocenters. The van der Waals surface area contributed by atoms with Crippen molar-refractivity contribution in [3.05, 3.63) is 51.6 Å². The van der Waals surface area contributed by atoms with E-state index in [4.69, 9.17) is 18.9 Å². The van der Waals surface area contributed by atoms with Crippen LogP contribution in [-0.2, 0) is 30.9 Å². The van der Waals surface area contributed by atoms with E-state index >= 15 is 0 Å². The van der Waals surface area contributed by atoms with Gasteiger partial charge in [-0.1, -0.05) is 31.6 Å². The van der Waals surface area contributed by atoms with Crippen LogP contribution in [0, 0.1) is 5.92 Å². The lowest BCUT2D eigenvalue weighted by molar-refractivity contribution is -0.190. The van der Waals surface area contributed by atoms with Crippen LogP contribution in [-0.4, -0.2) is 58.6 Å². The number of aromatic hydroxyl groups is 1. The summed E-state index contributed by atoms with van der Waals surface area (Å²) < 4.78 is 26.3. The summed E-state index contributed by atoms with van der Waals surface area (Å²) in [5, 5.41) is 11.8. The number of ether oxygens (including phenoxy) is 4. The van der Waals surface area contributed by atoms with E-state index < -0.39 is 39.5 Å². The molecule has 8 nitrogen and oxygen atoms in total. The summed E-state index contributed by atoms with van der Waals surface area (Å²) in [7, 11) is 1.46. The first-order chi connectivity index (χ1) is 19.5. The molecular formula is C34H40O8. The molecule has 1 aromatic rings. The first-order valence-corrected chi connectivity index (χ1v) is 14.7.